The number of aliphatic hydroxyl groups excluding tert-OH is 2. The first-order valence-electron chi connectivity index (χ1n) is 6.01. The predicted molar refractivity (Wildman–Crippen MR) is 72.0 cm³/mol. The Labute approximate surface area is 104 Å². The molecule has 3 nitrogen and oxygen atoms in total. The molecule has 16 heavy (non-hydrogen) atoms. The van der Waals surface area contributed by atoms with E-state index in [2.05, 4.69) is 33.0 Å². The van der Waals surface area contributed by atoms with Gasteiger partial charge in [-0.05, 0) is 18.4 Å². The summed E-state index contributed by atoms with van der Waals surface area (Å²) in [4.78, 5) is 0. The highest BCUT2D eigenvalue weighted by molar-refractivity contribution is 7.99. The van der Waals surface area contributed by atoms with Crippen LogP contribution in [0.15, 0.2) is 0 Å². The second-order valence-electron chi connectivity index (χ2n) is 5.25. The van der Waals surface area contributed by atoms with E-state index in [-0.39, 0.29) is 12.0 Å². The number of nitrogens with one attached hydrogen (secondary N) is 1. The van der Waals surface area contributed by atoms with Crippen molar-refractivity contribution in [2.24, 2.45) is 5.41 Å². The van der Waals surface area contributed by atoms with Crippen LogP contribution >= 0.6 is 11.8 Å². The minimum Gasteiger partial charge on any atom is -0.394 e. The van der Waals surface area contributed by atoms with Crippen molar-refractivity contribution in [3.05, 3.63) is 0 Å². The van der Waals surface area contributed by atoms with E-state index in [1.54, 1.807) is 11.8 Å². The summed E-state index contributed by atoms with van der Waals surface area (Å²) in [7, 11) is 0. The molecular weight excluding hydrogens is 222 g/mol. The van der Waals surface area contributed by atoms with Crippen molar-refractivity contribution in [1.82, 2.24) is 5.32 Å². The summed E-state index contributed by atoms with van der Waals surface area (Å²) in [6.07, 6.45) is 0.549. The molecule has 3 N–H and O–H groups in total. The second-order valence-corrected chi connectivity index (χ2v) is 6.32. The van der Waals surface area contributed by atoms with E-state index in [1.807, 2.05) is 0 Å². The van der Waals surface area contributed by atoms with Crippen molar-refractivity contribution in [3.63, 3.8) is 0 Å². The molecule has 0 rings (SSSR count). The molecule has 0 aliphatic carbocycles. The van der Waals surface area contributed by atoms with Crippen molar-refractivity contribution in [2.45, 2.75) is 46.3 Å². The lowest BCUT2D eigenvalue weighted by Crippen LogP contribution is -2.42. The standard InChI is InChI=1S/C12H27NO2S/c1-5-6-13-11(12(2,3)4)9-16-8-10(15)7-14/h10-11,13-15H,5-9H2,1-4H3. The predicted octanol–water partition coefficient (Wildman–Crippen LogP) is 1.49. The maximum absolute atomic E-state index is 9.26. The van der Waals surface area contributed by atoms with E-state index >= 15 is 0 Å². The van der Waals surface area contributed by atoms with Gasteiger partial charge in [0.05, 0.1) is 12.7 Å². The summed E-state index contributed by atoms with van der Waals surface area (Å²) in [5, 5.41) is 21.5. The highest BCUT2D eigenvalue weighted by atomic mass is 32.2. The first-order chi connectivity index (χ1) is 7.41. The van der Waals surface area contributed by atoms with Crippen LogP contribution in [0.3, 0.4) is 0 Å². The highest BCUT2D eigenvalue weighted by Crippen LogP contribution is 2.22. The lowest BCUT2D eigenvalue weighted by atomic mass is 9.88. The number of thioether (sulfide) groups is 1. The Morgan fingerprint density at radius 2 is 1.88 bits per heavy atom. The van der Waals surface area contributed by atoms with Crippen molar-refractivity contribution in [3.8, 4) is 0 Å². The third-order valence-electron chi connectivity index (χ3n) is 2.49. The van der Waals surface area contributed by atoms with E-state index in [0.717, 1.165) is 18.7 Å². The van der Waals surface area contributed by atoms with Gasteiger partial charge in [0.15, 0.2) is 0 Å². The van der Waals surface area contributed by atoms with E-state index in [1.165, 1.54) is 0 Å². The van der Waals surface area contributed by atoms with Crippen LogP contribution < -0.4 is 5.32 Å². The molecule has 0 aliphatic rings. The first kappa shape index (κ1) is 16.2. The molecule has 0 saturated heterocycles. The SMILES string of the molecule is CCCNC(CSCC(O)CO)C(C)(C)C. The van der Waals surface area contributed by atoms with Crippen LogP contribution in [0, 0.1) is 5.41 Å². The average Bonchev–Trinajstić information content (AvgIpc) is 2.20. The molecule has 0 fully saturated rings. The number of hydrogen-bond acceptors (Lipinski definition) is 4. The lowest BCUT2D eigenvalue weighted by molar-refractivity contribution is 0.113. The first-order valence-corrected chi connectivity index (χ1v) is 7.17. The fourth-order valence-electron chi connectivity index (χ4n) is 1.31. The molecule has 0 radical (unpaired) electrons. The van der Waals surface area contributed by atoms with Crippen LogP contribution in [-0.2, 0) is 0 Å². The van der Waals surface area contributed by atoms with Gasteiger partial charge in [0.1, 0.15) is 0 Å². The van der Waals surface area contributed by atoms with Gasteiger partial charge in [-0.1, -0.05) is 27.7 Å². The number of hydrogen-bond donors (Lipinski definition) is 3. The molecule has 0 saturated carbocycles. The minimum absolute atomic E-state index is 0.143. The Morgan fingerprint density at radius 3 is 2.31 bits per heavy atom. The molecule has 2 atom stereocenters. The molecule has 0 aromatic heterocycles. The summed E-state index contributed by atoms with van der Waals surface area (Å²) < 4.78 is 0. The highest BCUT2D eigenvalue weighted by Gasteiger charge is 2.23. The summed E-state index contributed by atoms with van der Waals surface area (Å²) in [5.74, 6) is 1.58. The summed E-state index contributed by atoms with van der Waals surface area (Å²) in [5.41, 5.74) is 0.229. The second kappa shape index (κ2) is 8.34. The van der Waals surface area contributed by atoms with Crippen LogP contribution in [0.25, 0.3) is 0 Å². The average molecular weight is 249 g/mol. The molecule has 2 unspecified atom stereocenters. The molecule has 0 bridgehead atoms. The summed E-state index contributed by atoms with van der Waals surface area (Å²) >= 11 is 1.70. The van der Waals surface area contributed by atoms with Crippen LogP contribution in [-0.4, -0.2) is 47.0 Å². The fraction of sp³-hybridized carbons (Fsp3) is 1.00. The van der Waals surface area contributed by atoms with Crippen LogP contribution in [0.2, 0.25) is 0 Å². The van der Waals surface area contributed by atoms with E-state index in [4.69, 9.17) is 5.11 Å². The molecule has 0 spiro atoms. The van der Waals surface area contributed by atoms with Crippen molar-refractivity contribution < 1.29 is 10.2 Å². The largest absolute Gasteiger partial charge is 0.394 e. The molecule has 98 valence electrons. The Bertz CT molecular complexity index is 171. The zero-order valence-electron chi connectivity index (χ0n) is 11.0. The maximum Gasteiger partial charge on any atom is 0.0861 e. The van der Waals surface area contributed by atoms with Gasteiger partial charge in [-0.25, -0.2) is 0 Å². The topological polar surface area (TPSA) is 52.5 Å². The number of rotatable bonds is 8. The van der Waals surface area contributed by atoms with Gasteiger partial charge in [-0.3, -0.25) is 0 Å². The number of aliphatic hydroxyl groups is 2. The zero-order valence-corrected chi connectivity index (χ0v) is 11.8. The Morgan fingerprint density at radius 1 is 1.25 bits per heavy atom. The summed E-state index contributed by atoms with van der Waals surface area (Å²) in [6.45, 7) is 9.73. The van der Waals surface area contributed by atoms with Crippen molar-refractivity contribution in [1.29, 1.82) is 0 Å². The molecule has 0 aromatic carbocycles. The van der Waals surface area contributed by atoms with Crippen molar-refractivity contribution in [2.75, 3.05) is 24.7 Å². The van der Waals surface area contributed by atoms with Gasteiger partial charge in [0.25, 0.3) is 0 Å². The molecule has 0 amide bonds. The monoisotopic (exact) mass is 249 g/mol. The van der Waals surface area contributed by atoms with Gasteiger partial charge >= 0.3 is 0 Å². The Hall–Kier alpha value is 0.230. The quantitative estimate of drug-likeness (QED) is 0.610. The molecule has 0 aliphatic heterocycles. The van der Waals surface area contributed by atoms with Crippen LogP contribution in [0.1, 0.15) is 34.1 Å². The summed E-state index contributed by atoms with van der Waals surface area (Å²) in [6, 6.07) is 0.448. The molecular formula is C12H27NO2S. The maximum atomic E-state index is 9.26. The zero-order chi connectivity index (χ0) is 12.6. The van der Waals surface area contributed by atoms with Gasteiger partial charge in [0, 0.05) is 17.5 Å². The minimum atomic E-state index is -0.586. The smallest absolute Gasteiger partial charge is 0.0861 e. The van der Waals surface area contributed by atoms with Gasteiger partial charge in [0.2, 0.25) is 0 Å². The van der Waals surface area contributed by atoms with Gasteiger partial charge in [-0.2, -0.15) is 11.8 Å². The van der Waals surface area contributed by atoms with Gasteiger partial charge in [-0.15, -0.1) is 0 Å². The fourth-order valence-corrected chi connectivity index (χ4v) is 2.68. The van der Waals surface area contributed by atoms with E-state index in [0.29, 0.717) is 11.8 Å². The van der Waals surface area contributed by atoms with Crippen LogP contribution in [0.4, 0.5) is 0 Å². The molecule has 4 heteroatoms. The molecule has 0 aromatic rings. The van der Waals surface area contributed by atoms with Crippen molar-refractivity contribution >= 4 is 11.8 Å². The molecule has 0 heterocycles. The normalized spacial score (nSPS) is 16.1. The van der Waals surface area contributed by atoms with Crippen LogP contribution in [0.5, 0.6) is 0 Å². The van der Waals surface area contributed by atoms with Gasteiger partial charge < -0.3 is 15.5 Å². The van der Waals surface area contributed by atoms with E-state index < -0.39 is 6.10 Å². The third-order valence-corrected chi connectivity index (χ3v) is 3.68. The lowest BCUT2D eigenvalue weighted by Gasteiger charge is -2.31. The third kappa shape index (κ3) is 7.49. The van der Waals surface area contributed by atoms with E-state index in [9.17, 15) is 5.11 Å². The Balaban J connectivity index is 3.93. The Kier molecular flexibility index (Phi) is 8.46.